The van der Waals surface area contributed by atoms with Crippen LogP contribution in [0.4, 0.5) is 5.69 Å². The lowest BCUT2D eigenvalue weighted by atomic mass is 9.76. The molecule has 0 aromatic heterocycles. The first-order valence-corrected chi connectivity index (χ1v) is 6.98. The molecular weight excluding hydrogens is 272 g/mol. The van der Waals surface area contributed by atoms with Gasteiger partial charge in [-0.1, -0.05) is 19.8 Å². The van der Waals surface area contributed by atoms with Crippen LogP contribution in [0.5, 0.6) is 5.75 Å². The number of amides is 1. The summed E-state index contributed by atoms with van der Waals surface area (Å²) in [6.07, 6.45) is 3.10. The summed E-state index contributed by atoms with van der Waals surface area (Å²) in [6.45, 7) is 2.05. The number of aromatic carboxylic acids is 1. The lowest BCUT2D eigenvalue weighted by Gasteiger charge is -2.35. The van der Waals surface area contributed by atoms with Crippen molar-refractivity contribution in [3.63, 3.8) is 0 Å². The highest BCUT2D eigenvalue weighted by atomic mass is 16.4. The van der Waals surface area contributed by atoms with Crippen LogP contribution in [0.25, 0.3) is 0 Å². The number of rotatable bonds is 3. The average molecular weight is 292 g/mol. The van der Waals surface area contributed by atoms with Gasteiger partial charge in [-0.15, -0.1) is 0 Å². The van der Waals surface area contributed by atoms with E-state index in [9.17, 15) is 14.7 Å². The third-order valence-electron chi connectivity index (χ3n) is 3.98. The van der Waals surface area contributed by atoms with Crippen LogP contribution < -0.4 is 11.1 Å². The van der Waals surface area contributed by atoms with Gasteiger partial charge in [0.15, 0.2) is 0 Å². The molecule has 0 aliphatic heterocycles. The number of phenols is 1. The summed E-state index contributed by atoms with van der Waals surface area (Å²) >= 11 is 0. The molecule has 6 nitrogen and oxygen atoms in total. The molecule has 1 saturated carbocycles. The van der Waals surface area contributed by atoms with Crippen LogP contribution >= 0.6 is 0 Å². The lowest BCUT2D eigenvalue weighted by molar-refractivity contribution is -0.122. The Kier molecular flexibility index (Phi) is 4.18. The van der Waals surface area contributed by atoms with Gasteiger partial charge in [0, 0.05) is 0 Å². The predicted molar refractivity (Wildman–Crippen MR) is 78.2 cm³/mol. The molecule has 0 heterocycles. The Hall–Kier alpha value is -2.08. The van der Waals surface area contributed by atoms with Crippen molar-refractivity contribution in [3.8, 4) is 5.75 Å². The highest BCUT2D eigenvalue weighted by Crippen LogP contribution is 2.32. The van der Waals surface area contributed by atoms with Gasteiger partial charge in [0.25, 0.3) is 0 Å². The number of carbonyl (C=O) groups is 2. The first-order chi connectivity index (χ1) is 9.82. The van der Waals surface area contributed by atoms with Gasteiger partial charge in [-0.3, -0.25) is 4.79 Å². The molecule has 1 fully saturated rings. The molecule has 2 rings (SSSR count). The van der Waals surface area contributed by atoms with Crippen LogP contribution in [0.2, 0.25) is 0 Å². The molecule has 1 aliphatic carbocycles. The monoisotopic (exact) mass is 292 g/mol. The van der Waals surface area contributed by atoms with Gasteiger partial charge in [0.1, 0.15) is 5.75 Å². The Morgan fingerprint density at radius 2 is 2.14 bits per heavy atom. The second kappa shape index (κ2) is 5.73. The molecule has 1 aromatic rings. The number of nitrogens with two attached hydrogens (primary N) is 1. The van der Waals surface area contributed by atoms with E-state index in [1.54, 1.807) is 0 Å². The minimum atomic E-state index is -1.13. The molecule has 0 radical (unpaired) electrons. The summed E-state index contributed by atoms with van der Waals surface area (Å²) < 4.78 is 0. The van der Waals surface area contributed by atoms with Gasteiger partial charge in [-0.25, -0.2) is 4.79 Å². The van der Waals surface area contributed by atoms with Crippen LogP contribution in [0, 0.1) is 5.92 Å². The molecule has 114 valence electrons. The van der Waals surface area contributed by atoms with Gasteiger partial charge in [0.05, 0.1) is 16.8 Å². The molecule has 5 N–H and O–H groups in total. The van der Waals surface area contributed by atoms with Gasteiger partial charge in [-0.2, -0.15) is 0 Å². The molecule has 1 aromatic carbocycles. The zero-order valence-corrected chi connectivity index (χ0v) is 11.9. The predicted octanol–water partition coefficient (Wildman–Crippen LogP) is 1.94. The molecule has 21 heavy (non-hydrogen) atoms. The number of benzene rings is 1. The molecular formula is C15H20N2O4. The highest BCUT2D eigenvalue weighted by molar-refractivity contribution is 6.00. The maximum absolute atomic E-state index is 12.4. The van der Waals surface area contributed by atoms with Gasteiger partial charge >= 0.3 is 5.97 Å². The van der Waals surface area contributed by atoms with Crippen LogP contribution in [-0.2, 0) is 4.79 Å². The molecule has 0 saturated heterocycles. The highest BCUT2D eigenvalue weighted by Gasteiger charge is 2.38. The van der Waals surface area contributed by atoms with Crippen molar-refractivity contribution in [1.29, 1.82) is 0 Å². The van der Waals surface area contributed by atoms with E-state index in [1.165, 1.54) is 18.2 Å². The Morgan fingerprint density at radius 3 is 2.76 bits per heavy atom. The minimum absolute atomic E-state index is 0.00816. The SMILES string of the molecule is CC1CCCC(N)(C(=O)Nc2cc(C(=O)O)ccc2O)C1. The number of carbonyl (C=O) groups excluding carboxylic acids is 1. The van der Waals surface area contributed by atoms with Crippen molar-refractivity contribution in [2.24, 2.45) is 11.7 Å². The van der Waals surface area contributed by atoms with E-state index >= 15 is 0 Å². The summed E-state index contributed by atoms with van der Waals surface area (Å²) in [5.41, 5.74) is 5.27. The zero-order chi connectivity index (χ0) is 15.6. The van der Waals surface area contributed by atoms with E-state index in [2.05, 4.69) is 12.2 Å². The average Bonchev–Trinajstić information content (AvgIpc) is 2.40. The molecule has 0 bridgehead atoms. The zero-order valence-electron chi connectivity index (χ0n) is 11.9. The number of carboxylic acids is 1. The van der Waals surface area contributed by atoms with E-state index in [0.717, 1.165) is 12.8 Å². The van der Waals surface area contributed by atoms with Gasteiger partial charge < -0.3 is 21.3 Å². The molecule has 2 atom stereocenters. The van der Waals surface area contributed by atoms with Crippen molar-refractivity contribution in [2.75, 3.05) is 5.32 Å². The van der Waals surface area contributed by atoms with Crippen LogP contribution in [0.3, 0.4) is 0 Å². The number of phenolic OH excluding ortho intramolecular Hbond substituents is 1. The van der Waals surface area contributed by atoms with E-state index in [4.69, 9.17) is 10.8 Å². The number of hydrogen-bond donors (Lipinski definition) is 4. The Balaban J connectivity index is 2.19. The van der Waals surface area contributed by atoms with Crippen LogP contribution in [0.15, 0.2) is 18.2 Å². The normalized spacial score (nSPS) is 25.3. The Bertz CT molecular complexity index is 573. The summed E-state index contributed by atoms with van der Waals surface area (Å²) in [5, 5.41) is 21.3. The minimum Gasteiger partial charge on any atom is -0.506 e. The molecule has 2 unspecified atom stereocenters. The third kappa shape index (κ3) is 3.33. The van der Waals surface area contributed by atoms with Crippen molar-refractivity contribution in [3.05, 3.63) is 23.8 Å². The van der Waals surface area contributed by atoms with Gasteiger partial charge in [-0.05, 0) is 37.0 Å². The Labute approximate surface area is 123 Å². The van der Waals surface area contributed by atoms with Crippen molar-refractivity contribution in [2.45, 2.75) is 38.1 Å². The molecule has 6 heteroatoms. The second-order valence-electron chi connectivity index (χ2n) is 5.85. The number of carboxylic acid groups (broad SMARTS) is 1. The van der Waals surface area contributed by atoms with Crippen molar-refractivity contribution >= 4 is 17.6 Å². The maximum Gasteiger partial charge on any atom is 0.335 e. The second-order valence-corrected chi connectivity index (χ2v) is 5.85. The quantitative estimate of drug-likeness (QED) is 0.636. The fourth-order valence-electron chi connectivity index (χ4n) is 2.81. The lowest BCUT2D eigenvalue weighted by Crippen LogP contribution is -2.53. The smallest absolute Gasteiger partial charge is 0.335 e. The first-order valence-electron chi connectivity index (χ1n) is 6.98. The first kappa shape index (κ1) is 15.3. The number of aromatic hydroxyl groups is 1. The summed E-state index contributed by atoms with van der Waals surface area (Å²) in [7, 11) is 0. The van der Waals surface area contributed by atoms with Crippen LogP contribution in [-0.4, -0.2) is 27.6 Å². The summed E-state index contributed by atoms with van der Waals surface area (Å²) in [6, 6.07) is 3.74. The van der Waals surface area contributed by atoms with Crippen molar-refractivity contribution in [1.82, 2.24) is 0 Å². The van der Waals surface area contributed by atoms with Crippen LogP contribution in [0.1, 0.15) is 43.0 Å². The van der Waals surface area contributed by atoms with E-state index in [0.29, 0.717) is 18.8 Å². The fraction of sp³-hybridized carbons (Fsp3) is 0.467. The topological polar surface area (TPSA) is 113 Å². The third-order valence-corrected chi connectivity index (χ3v) is 3.98. The molecule has 0 spiro atoms. The number of hydrogen-bond acceptors (Lipinski definition) is 4. The fourth-order valence-corrected chi connectivity index (χ4v) is 2.81. The Morgan fingerprint density at radius 1 is 1.43 bits per heavy atom. The maximum atomic E-state index is 12.4. The van der Waals surface area contributed by atoms with E-state index < -0.39 is 11.5 Å². The van der Waals surface area contributed by atoms with E-state index in [-0.39, 0.29) is 22.9 Å². The largest absolute Gasteiger partial charge is 0.506 e. The molecule has 1 aliphatic rings. The summed E-state index contributed by atoms with van der Waals surface area (Å²) in [5.74, 6) is -1.32. The standard InChI is InChI=1S/C15H20N2O4/c1-9-3-2-6-15(16,8-9)14(21)17-11-7-10(13(19)20)4-5-12(11)18/h4-5,7,9,18H,2-3,6,8,16H2,1H3,(H,17,21)(H,19,20). The summed E-state index contributed by atoms with van der Waals surface area (Å²) in [4.78, 5) is 23.3. The molecule has 1 amide bonds. The van der Waals surface area contributed by atoms with E-state index in [1.807, 2.05) is 0 Å². The number of anilines is 1. The number of nitrogens with one attached hydrogen (secondary N) is 1. The van der Waals surface area contributed by atoms with Crippen molar-refractivity contribution < 1.29 is 19.8 Å². The van der Waals surface area contributed by atoms with Gasteiger partial charge in [0.2, 0.25) is 5.91 Å².